The van der Waals surface area contributed by atoms with Gasteiger partial charge in [-0.15, -0.1) is 0 Å². The number of carbonyl (C=O) groups is 2. The molecule has 194 valence electrons. The summed E-state index contributed by atoms with van der Waals surface area (Å²) < 4.78 is 58.1. The van der Waals surface area contributed by atoms with Crippen molar-refractivity contribution in [2.75, 3.05) is 20.3 Å². The summed E-state index contributed by atoms with van der Waals surface area (Å²) in [5.74, 6) is -0.472. The molecule has 1 atom stereocenters. The summed E-state index contributed by atoms with van der Waals surface area (Å²) >= 11 is 0. The average molecular weight is 514 g/mol. The maximum absolute atomic E-state index is 12.7. The zero-order valence-electron chi connectivity index (χ0n) is 20.0. The van der Waals surface area contributed by atoms with Gasteiger partial charge >= 0.3 is 18.1 Å². The first-order chi connectivity index (χ1) is 17.7. The third-order valence-electron chi connectivity index (χ3n) is 5.24. The van der Waals surface area contributed by atoms with Gasteiger partial charge in [-0.25, -0.2) is 9.59 Å². The second-order valence-electron chi connectivity index (χ2n) is 7.81. The smallest absolute Gasteiger partial charge is 0.414 e. The van der Waals surface area contributed by atoms with E-state index in [0.717, 1.165) is 24.0 Å². The summed E-state index contributed by atoms with van der Waals surface area (Å²) in [6.07, 6.45) is -5.41. The normalized spacial score (nSPS) is 11.9. The number of hydrogen-bond donors (Lipinski definition) is 0. The van der Waals surface area contributed by atoms with Crippen LogP contribution in [0.3, 0.4) is 0 Å². The predicted molar refractivity (Wildman–Crippen MR) is 131 cm³/mol. The Morgan fingerprint density at radius 1 is 0.838 bits per heavy atom. The molecular formula is C28H25F3O6. The Balaban J connectivity index is 1.53. The fourth-order valence-electron chi connectivity index (χ4n) is 3.28. The number of hydrogen-bond acceptors (Lipinski definition) is 6. The van der Waals surface area contributed by atoms with Crippen molar-refractivity contribution in [3.05, 3.63) is 96.6 Å². The number of alkyl halides is 3. The molecule has 9 heteroatoms. The number of rotatable bonds is 11. The topological polar surface area (TPSA) is 71.1 Å². The SMILES string of the molecule is C=CCOc1ccc(-c2ccc(C(=O)Oc3ccc(C(=O)OCCC(OC)C(F)(F)F)cc3)cc2)cc1. The van der Waals surface area contributed by atoms with Gasteiger partial charge < -0.3 is 18.9 Å². The maximum atomic E-state index is 12.7. The van der Waals surface area contributed by atoms with Crippen molar-refractivity contribution in [3.63, 3.8) is 0 Å². The summed E-state index contributed by atoms with van der Waals surface area (Å²) in [6, 6.07) is 19.9. The lowest BCUT2D eigenvalue weighted by Gasteiger charge is -2.18. The largest absolute Gasteiger partial charge is 0.490 e. The average Bonchev–Trinajstić information content (AvgIpc) is 2.90. The summed E-state index contributed by atoms with van der Waals surface area (Å²) in [4.78, 5) is 24.6. The lowest BCUT2D eigenvalue weighted by molar-refractivity contribution is -0.216. The van der Waals surface area contributed by atoms with Crippen molar-refractivity contribution in [3.8, 4) is 22.6 Å². The highest BCUT2D eigenvalue weighted by molar-refractivity contribution is 5.92. The summed E-state index contributed by atoms with van der Waals surface area (Å²) in [6.45, 7) is 3.57. The van der Waals surface area contributed by atoms with Gasteiger partial charge in [0.2, 0.25) is 0 Å². The third-order valence-corrected chi connectivity index (χ3v) is 5.24. The molecule has 3 rings (SSSR count). The minimum atomic E-state index is -4.54. The van der Waals surface area contributed by atoms with E-state index in [-0.39, 0.29) is 11.3 Å². The molecule has 3 aromatic rings. The zero-order chi connectivity index (χ0) is 26.8. The Morgan fingerprint density at radius 3 is 1.89 bits per heavy atom. The molecule has 0 N–H and O–H groups in total. The molecule has 0 radical (unpaired) electrons. The molecule has 3 aromatic carbocycles. The van der Waals surface area contributed by atoms with Gasteiger partial charge in [0.05, 0.1) is 17.7 Å². The standard InChI is InChI=1S/C28H25F3O6/c1-3-17-35-23-12-8-20(9-13-23)19-4-6-22(7-5-19)27(33)37-24-14-10-21(11-15-24)26(32)36-18-16-25(34-2)28(29,30)31/h3-15,25H,1,16-18H2,2H3. The summed E-state index contributed by atoms with van der Waals surface area (Å²) in [7, 11) is 0.939. The number of carbonyl (C=O) groups excluding carboxylic acids is 2. The summed E-state index contributed by atoms with van der Waals surface area (Å²) in [5.41, 5.74) is 2.29. The van der Waals surface area contributed by atoms with Gasteiger partial charge in [-0.05, 0) is 59.7 Å². The molecule has 0 spiro atoms. The number of halogens is 3. The Hall–Kier alpha value is -4.11. The first-order valence-corrected chi connectivity index (χ1v) is 11.2. The van der Waals surface area contributed by atoms with Crippen LogP contribution >= 0.6 is 0 Å². The van der Waals surface area contributed by atoms with E-state index in [4.69, 9.17) is 14.2 Å². The molecule has 0 saturated heterocycles. The summed E-state index contributed by atoms with van der Waals surface area (Å²) in [5, 5.41) is 0. The van der Waals surface area contributed by atoms with Gasteiger partial charge in [-0.3, -0.25) is 0 Å². The van der Waals surface area contributed by atoms with Crippen LogP contribution < -0.4 is 9.47 Å². The highest BCUT2D eigenvalue weighted by Gasteiger charge is 2.39. The van der Waals surface area contributed by atoms with Crippen LogP contribution in [0, 0.1) is 0 Å². The van der Waals surface area contributed by atoms with Crippen LogP contribution in [0.25, 0.3) is 11.1 Å². The Bertz CT molecular complexity index is 1190. The first-order valence-electron chi connectivity index (χ1n) is 11.2. The Kier molecular flexibility index (Phi) is 9.45. The van der Waals surface area contributed by atoms with Gasteiger partial charge in [-0.2, -0.15) is 13.2 Å². The molecule has 0 amide bonds. The molecule has 0 aliphatic rings. The molecular weight excluding hydrogens is 489 g/mol. The van der Waals surface area contributed by atoms with Crippen LogP contribution in [-0.4, -0.2) is 44.5 Å². The van der Waals surface area contributed by atoms with E-state index in [1.54, 1.807) is 30.3 Å². The number of methoxy groups -OCH3 is 1. The maximum Gasteiger partial charge on any atom is 0.414 e. The monoisotopic (exact) mass is 514 g/mol. The lowest BCUT2D eigenvalue weighted by Crippen LogP contribution is -2.32. The predicted octanol–water partition coefficient (Wildman–Crippen LogP) is 6.26. The van der Waals surface area contributed by atoms with E-state index in [2.05, 4.69) is 11.3 Å². The second kappa shape index (κ2) is 12.7. The van der Waals surface area contributed by atoms with Crippen LogP contribution in [0.2, 0.25) is 0 Å². The van der Waals surface area contributed by atoms with E-state index in [1.807, 2.05) is 24.3 Å². The van der Waals surface area contributed by atoms with Crippen LogP contribution in [0.5, 0.6) is 11.5 Å². The molecule has 37 heavy (non-hydrogen) atoms. The van der Waals surface area contributed by atoms with Crippen molar-refractivity contribution in [1.29, 1.82) is 0 Å². The van der Waals surface area contributed by atoms with Gasteiger partial charge in [0.25, 0.3) is 0 Å². The van der Waals surface area contributed by atoms with Crippen LogP contribution in [-0.2, 0) is 9.47 Å². The fraction of sp³-hybridized carbons (Fsp3) is 0.214. The van der Waals surface area contributed by atoms with Crippen LogP contribution in [0.4, 0.5) is 13.2 Å². The van der Waals surface area contributed by atoms with Crippen molar-refractivity contribution in [2.45, 2.75) is 18.7 Å². The first kappa shape index (κ1) is 27.5. The third kappa shape index (κ3) is 7.94. The minimum Gasteiger partial charge on any atom is -0.490 e. The lowest BCUT2D eigenvalue weighted by atomic mass is 10.0. The highest BCUT2D eigenvalue weighted by atomic mass is 19.4. The molecule has 0 heterocycles. The zero-order valence-corrected chi connectivity index (χ0v) is 20.0. The Morgan fingerprint density at radius 2 is 1.35 bits per heavy atom. The molecule has 0 saturated carbocycles. The van der Waals surface area contributed by atoms with Gasteiger partial charge in [-0.1, -0.05) is 36.9 Å². The van der Waals surface area contributed by atoms with Crippen molar-refractivity contribution in [1.82, 2.24) is 0 Å². The van der Waals surface area contributed by atoms with Crippen molar-refractivity contribution in [2.24, 2.45) is 0 Å². The number of ether oxygens (including phenoxy) is 4. The van der Waals surface area contributed by atoms with E-state index in [0.29, 0.717) is 12.2 Å². The van der Waals surface area contributed by atoms with E-state index in [1.165, 1.54) is 24.3 Å². The van der Waals surface area contributed by atoms with Gasteiger partial charge in [0, 0.05) is 13.5 Å². The van der Waals surface area contributed by atoms with Crippen LogP contribution in [0.1, 0.15) is 27.1 Å². The van der Waals surface area contributed by atoms with E-state index >= 15 is 0 Å². The minimum absolute atomic E-state index is 0.103. The Labute approximate surface area is 212 Å². The van der Waals surface area contributed by atoms with Gasteiger partial charge in [0.15, 0.2) is 6.10 Å². The molecule has 6 nitrogen and oxygen atoms in total. The molecule has 0 bridgehead atoms. The highest BCUT2D eigenvalue weighted by Crippen LogP contribution is 2.25. The van der Waals surface area contributed by atoms with E-state index < -0.39 is 37.2 Å². The number of esters is 2. The quantitative estimate of drug-likeness (QED) is 0.171. The fourth-order valence-corrected chi connectivity index (χ4v) is 3.28. The molecule has 0 aliphatic heterocycles. The molecule has 1 unspecified atom stereocenters. The number of benzene rings is 3. The van der Waals surface area contributed by atoms with E-state index in [9.17, 15) is 22.8 Å². The van der Waals surface area contributed by atoms with Gasteiger partial charge in [0.1, 0.15) is 18.1 Å². The molecule has 0 aliphatic carbocycles. The second-order valence-corrected chi connectivity index (χ2v) is 7.81. The van der Waals surface area contributed by atoms with Crippen LogP contribution in [0.15, 0.2) is 85.5 Å². The molecule has 0 fully saturated rings. The molecule has 0 aromatic heterocycles. The van der Waals surface area contributed by atoms with Crippen molar-refractivity contribution < 1.29 is 41.7 Å². The van der Waals surface area contributed by atoms with Crippen molar-refractivity contribution >= 4 is 11.9 Å².